The summed E-state index contributed by atoms with van der Waals surface area (Å²) < 4.78 is 2.44. The Morgan fingerprint density at radius 1 is 0.960 bits per heavy atom. The Hall–Kier alpha value is -1.32. The maximum absolute atomic E-state index is 10.8. The van der Waals surface area contributed by atoms with Crippen LogP contribution in [0.1, 0.15) is 55.3 Å². The molecule has 0 bridgehead atoms. The van der Waals surface area contributed by atoms with Crippen LogP contribution >= 0.6 is 0 Å². The molecule has 4 rings (SSSR count). The molecule has 1 aromatic heterocycles. The lowest BCUT2D eigenvalue weighted by Crippen LogP contribution is -2.35. The van der Waals surface area contributed by atoms with E-state index >= 15 is 0 Å². The van der Waals surface area contributed by atoms with Gasteiger partial charge in [-0.2, -0.15) is 0 Å². The Morgan fingerprint density at radius 2 is 1.72 bits per heavy atom. The number of likely N-dealkylation sites (tertiary alicyclic amines) is 1. The Balaban J connectivity index is 1.58. The van der Waals surface area contributed by atoms with Gasteiger partial charge in [0.25, 0.3) is 0 Å². The van der Waals surface area contributed by atoms with Gasteiger partial charge in [-0.05, 0) is 76.2 Å². The van der Waals surface area contributed by atoms with Crippen LogP contribution in [0.4, 0.5) is 0 Å². The summed E-state index contributed by atoms with van der Waals surface area (Å²) >= 11 is 0. The largest absolute Gasteiger partial charge is 0.390 e. The second kappa shape index (κ2) is 7.51. The van der Waals surface area contributed by atoms with Crippen LogP contribution in [0.5, 0.6) is 0 Å². The molecular weight excluding hydrogens is 308 g/mol. The van der Waals surface area contributed by atoms with Crippen LogP contribution in [0.15, 0.2) is 18.2 Å². The van der Waals surface area contributed by atoms with Crippen molar-refractivity contribution in [1.29, 1.82) is 0 Å². The van der Waals surface area contributed by atoms with E-state index < -0.39 is 0 Å². The van der Waals surface area contributed by atoms with Gasteiger partial charge in [0.05, 0.1) is 12.6 Å². The van der Waals surface area contributed by atoms with E-state index in [0.717, 1.165) is 26.2 Å². The van der Waals surface area contributed by atoms with E-state index in [1.54, 1.807) is 5.56 Å². The van der Waals surface area contributed by atoms with E-state index in [1.165, 1.54) is 73.5 Å². The molecule has 0 amide bonds. The first kappa shape index (κ1) is 17.1. The summed E-state index contributed by atoms with van der Waals surface area (Å²) in [5, 5.41) is 12.2. The molecule has 1 saturated heterocycles. The fourth-order valence-electron chi connectivity index (χ4n) is 4.84. The standard InChI is InChI=1S/C22H32N2O/c1-17-10-11-22-20(14-17)19-8-4-5-9-21(19)24(22)16-18(25)15-23-12-6-2-3-7-13-23/h10-11,14,18,25H,2-9,12-13,15-16H2,1H3/t18-/m1/s1. The van der Waals surface area contributed by atoms with Crippen LogP contribution in [0.2, 0.25) is 0 Å². The van der Waals surface area contributed by atoms with Gasteiger partial charge in [-0.1, -0.05) is 24.5 Å². The topological polar surface area (TPSA) is 28.4 Å². The predicted molar refractivity (Wildman–Crippen MR) is 104 cm³/mol. The Labute approximate surface area is 151 Å². The van der Waals surface area contributed by atoms with Crippen molar-refractivity contribution in [1.82, 2.24) is 9.47 Å². The van der Waals surface area contributed by atoms with Crippen molar-refractivity contribution >= 4 is 10.9 Å². The molecule has 0 spiro atoms. The number of aliphatic hydroxyl groups excluding tert-OH is 1. The molecule has 1 N–H and O–H groups in total. The quantitative estimate of drug-likeness (QED) is 0.909. The number of nitrogens with zero attached hydrogens (tertiary/aromatic N) is 2. The fourth-order valence-corrected chi connectivity index (χ4v) is 4.84. The van der Waals surface area contributed by atoms with Gasteiger partial charge in [0, 0.05) is 23.1 Å². The molecule has 25 heavy (non-hydrogen) atoms. The predicted octanol–water partition coefficient (Wildman–Crippen LogP) is 4.07. The summed E-state index contributed by atoms with van der Waals surface area (Å²) in [5.41, 5.74) is 5.70. The fraction of sp³-hybridized carbons (Fsp3) is 0.636. The molecule has 0 radical (unpaired) electrons. The molecule has 1 aromatic carbocycles. The van der Waals surface area contributed by atoms with E-state index in [1.807, 2.05) is 0 Å². The molecule has 2 aliphatic rings. The third-order valence-electron chi connectivity index (χ3n) is 6.09. The molecule has 1 aliphatic carbocycles. The van der Waals surface area contributed by atoms with E-state index in [0.29, 0.717) is 0 Å². The number of aromatic nitrogens is 1. The number of benzene rings is 1. The second-order valence-electron chi connectivity index (χ2n) is 8.13. The summed E-state index contributed by atoms with van der Waals surface area (Å²) in [7, 11) is 0. The van der Waals surface area contributed by atoms with Gasteiger partial charge in [-0.25, -0.2) is 0 Å². The van der Waals surface area contributed by atoms with Gasteiger partial charge < -0.3 is 14.6 Å². The molecule has 1 atom stereocenters. The zero-order valence-electron chi connectivity index (χ0n) is 15.6. The SMILES string of the molecule is Cc1ccc2c(c1)c1c(n2C[C@H](O)CN2CCCCCC2)CCCC1. The van der Waals surface area contributed by atoms with Crippen molar-refractivity contribution in [3.63, 3.8) is 0 Å². The zero-order valence-corrected chi connectivity index (χ0v) is 15.6. The maximum Gasteiger partial charge on any atom is 0.0845 e. The van der Waals surface area contributed by atoms with Crippen LogP contribution in [0.25, 0.3) is 10.9 Å². The van der Waals surface area contributed by atoms with Crippen molar-refractivity contribution in [3.05, 3.63) is 35.0 Å². The lowest BCUT2D eigenvalue weighted by atomic mass is 9.95. The van der Waals surface area contributed by atoms with Crippen molar-refractivity contribution in [2.75, 3.05) is 19.6 Å². The molecule has 136 valence electrons. The molecule has 3 heteroatoms. The Bertz CT molecular complexity index is 725. The highest BCUT2D eigenvalue weighted by atomic mass is 16.3. The summed E-state index contributed by atoms with van der Waals surface area (Å²) in [6.07, 6.45) is 9.94. The Morgan fingerprint density at radius 3 is 2.52 bits per heavy atom. The number of β-amino-alcohol motifs (C(OH)–C–C–N with tert-alkyl or cyclic N) is 1. The molecule has 2 aromatic rings. The number of fused-ring (bicyclic) bond motifs is 3. The molecule has 1 fully saturated rings. The van der Waals surface area contributed by atoms with E-state index in [9.17, 15) is 5.11 Å². The minimum Gasteiger partial charge on any atom is -0.390 e. The average molecular weight is 341 g/mol. The van der Waals surface area contributed by atoms with Crippen LogP contribution in [-0.4, -0.2) is 40.3 Å². The highest BCUT2D eigenvalue weighted by Crippen LogP contribution is 2.33. The van der Waals surface area contributed by atoms with E-state index in [4.69, 9.17) is 0 Å². The zero-order chi connectivity index (χ0) is 17.2. The highest BCUT2D eigenvalue weighted by molar-refractivity contribution is 5.86. The van der Waals surface area contributed by atoms with Crippen LogP contribution < -0.4 is 0 Å². The third kappa shape index (κ3) is 3.63. The van der Waals surface area contributed by atoms with Gasteiger partial charge in [0.1, 0.15) is 0 Å². The van der Waals surface area contributed by atoms with E-state index in [-0.39, 0.29) is 6.10 Å². The van der Waals surface area contributed by atoms with Gasteiger partial charge in [0.15, 0.2) is 0 Å². The van der Waals surface area contributed by atoms with Crippen LogP contribution in [0, 0.1) is 6.92 Å². The smallest absolute Gasteiger partial charge is 0.0845 e. The van der Waals surface area contributed by atoms with Crippen LogP contribution in [-0.2, 0) is 19.4 Å². The Kier molecular flexibility index (Phi) is 5.14. The number of rotatable bonds is 4. The van der Waals surface area contributed by atoms with E-state index in [2.05, 4.69) is 34.6 Å². The van der Waals surface area contributed by atoms with Crippen molar-refractivity contribution in [2.45, 2.75) is 70.9 Å². The summed E-state index contributed by atoms with van der Waals surface area (Å²) in [6, 6.07) is 6.82. The molecule has 0 unspecified atom stereocenters. The number of hydrogen-bond acceptors (Lipinski definition) is 2. The first-order valence-electron chi connectivity index (χ1n) is 10.2. The molecule has 1 aliphatic heterocycles. The van der Waals surface area contributed by atoms with Crippen LogP contribution in [0.3, 0.4) is 0 Å². The maximum atomic E-state index is 10.8. The minimum absolute atomic E-state index is 0.277. The van der Waals surface area contributed by atoms with Gasteiger partial charge in [0.2, 0.25) is 0 Å². The summed E-state index contributed by atoms with van der Waals surface area (Å²) in [6.45, 7) is 6.05. The average Bonchev–Trinajstić information content (AvgIpc) is 2.77. The molecule has 0 saturated carbocycles. The molecule has 2 heterocycles. The lowest BCUT2D eigenvalue weighted by molar-refractivity contribution is 0.0999. The summed E-state index contributed by atoms with van der Waals surface area (Å²) in [5.74, 6) is 0. The van der Waals surface area contributed by atoms with Gasteiger partial charge in [-0.15, -0.1) is 0 Å². The number of aliphatic hydroxyl groups is 1. The number of aryl methyl sites for hydroxylation is 2. The van der Waals surface area contributed by atoms with Crippen molar-refractivity contribution < 1.29 is 5.11 Å². The first-order valence-corrected chi connectivity index (χ1v) is 10.2. The molecule has 3 nitrogen and oxygen atoms in total. The third-order valence-corrected chi connectivity index (χ3v) is 6.09. The molecular formula is C22H32N2O. The normalized spacial score (nSPS) is 20.4. The second-order valence-corrected chi connectivity index (χ2v) is 8.13. The van der Waals surface area contributed by atoms with Gasteiger partial charge >= 0.3 is 0 Å². The van der Waals surface area contributed by atoms with Crippen molar-refractivity contribution in [3.8, 4) is 0 Å². The highest BCUT2D eigenvalue weighted by Gasteiger charge is 2.22. The van der Waals surface area contributed by atoms with Gasteiger partial charge in [-0.3, -0.25) is 0 Å². The van der Waals surface area contributed by atoms with Crippen molar-refractivity contribution in [2.24, 2.45) is 0 Å². The number of hydrogen-bond donors (Lipinski definition) is 1. The lowest BCUT2D eigenvalue weighted by Gasteiger charge is -2.25. The monoisotopic (exact) mass is 340 g/mol. The minimum atomic E-state index is -0.277. The first-order chi connectivity index (χ1) is 12.2. The summed E-state index contributed by atoms with van der Waals surface area (Å²) in [4.78, 5) is 2.47.